The van der Waals surface area contributed by atoms with Crippen LogP contribution in [0.2, 0.25) is 0 Å². The molecule has 0 saturated carbocycles. The summed E-state index contributed by atoms with van der Waals surface area (Å²) in [6.07, 6.45) is 0. The van der Waals surface area contributed by atoms with E-state index in [2.05, 4.69) is 0 Å². The van der Waals surface area contributed by atoms with E-state index in [-0.39, 0.29) is 0 Å². The highest BCUT2D eigenvalue weighted by Gasteiger charge is 2.52. The average Bonchev–Trinajstić information content (AvgIpc) is 1.25. The predicted octanol–water partition coefficient (Wildman–Crippen LogP) is 3.38. The quantitative estimate of drug-likeness (QED) is 0.505. The molecule has 0 N–H and O–H groups in total. The molecule has 8 heteroatoms. The van der Waals surface area contributed by atoms with E-state index < -0.39 is 11.0 Å². The molecule has 0 rings (SSSR count). The van der Waals surface area contributed by atoms with Gasteiger partial charge in [0.2, 0.25) is 0 Å². The van der Waals surface area contributed by atoms with Crippen LogP contribution in [0.15, 0.2) is 0 Å². The second kappa shape index (κ2) is 3.05. The Bertz CT molecular complexity index is 61.5. The Kier molecular flexibility index (Phi) is 3.88. The molecule has 0 bridgehead atoms. The van der Waals surface area contributed by atoms with Crippen molar-refractivity contribution in [3.8, 4) is 0 Å². The first-order valence-electron chi connectivity index (χ1n) is 1.38. The molecule has 0 aliphatic carbocycles. The zero-order chi connectivity index (χ0) is 7.00. The predicted molar refractivity (Wildman–Crippen MR) is 46.6 cm³/mol. The lowest BCUT2D eigenvalue weighted by atomic mass is 26.7. The topological polar surface area (TPSA) is 0 Å². The van der Waals surface area contributed by atoms with Gasteiger partial charge in [-0.2, -0.15) is 0 Å². The van der Waals surface area contributed by atoms with E-state index in [9.17, 15) is 0 Å². The fourth-order valence-electron chi connectivity index (χ4n) is 0. The molecular formula is Cl6Si2. The van der Waals surface area contributed by atoms with Gasteiger partial charge in [-0.05, 0) is 0 Å². The molecule has 0 spiro atoms. The maximum atomic E-state index is 5.34. The zero-order valence-corrected chi connectivity index (χ0v) is 9.80. The largest absolute Gasteiger partial charge is 0.376 e. The van der Waals surface area contributed by atoms with Crippen LogP contribution in [0.5, 0.6) is 0 Å². The summed E-state index contributed by atoms with van der Waals surface area (Å²) in [6, 6.07) is 0. The van der Waals surface area contributed by atoms with Crippen molar-refractivity contribution in [2.24, 2.45) is 0 Å². The highest BCUT2D eigenvalue weighted by atomic mass is 35.9. The third-order valence-corrected chi connectivity index (χ3v) is 26.0. The van der Waals surface area contributed by atoms with E-state index in [4.69, 9.17) is 66.5 Å². The molecule has 0 unspecified atom stereocenters. The van der Waals surface area contributed by atoms with Gasteiger partial charge in [0.1, 0.15) is 0 Å². The van der Waals surface area contributed by atoms with Crippen LogP contribution in [-0.2, 0) is 0 Å². The van der Waals surface area contributed by atoms with Gasteiger partial charge >= 0.3 is 11.0 Å². The molecule has 0 aromatic rings. The number of rotatable bonds is 1. The fourth-order valence-corrected chi connectivity index (χ4v) is 0. The highest BCUT2D eigenvalue weighted by Crippen LogP contribution is 2.39. The van der Waals surface area contributed by atoms with Crippen LogP contribution >= 0.6 is 66.5 Å². The summed E-state index contributed by atoms with van der Waals surface area (Å²) in [5.74, 6) is 0. The van der Waals surface area contributed by atoms with Crippen molar-refractivity contribution >= 4 is 77.5 Å². The van der Waals surface area contributed by atoms with Crippen molar-refractivity contribution in [2.45, 2.75) is 0 Å². The van der Waals surface area contributed by atoms with E-state index in [1.807, 2.05) is 0 Å². The summed E-state index contributed by atoms with van der Waals surface area (Å²) in [5, 5.41) is 0. The summed E-state index contributed by atoms with van der Waals surface area (Å²) < 4.78 is 0. The summed E-state index contributed by atoms with van der Waals surface area (Å²) in [6.45, 7) is 0. The van der Waals surface area contributed by atoms with Gasteiger partial charge in [0.25, 0.3) is 0 Å². The van der Waals surface area contributed by atoms with Crippen molar-refractivity contribution < 1.29 is 0 Å². The third-order valence-electron chi connectivity index (χ3n) is 0.321. The lowest BCUT2D eigenvalue weighted by Gasteiger charge is -2.12. The summed E-state index contributed by atoms with van der Waals surface area (Å²) >= 11 is 32.1. The van der Waals surface area contributed by atoms with Crippen molar-refractivity contribution in [2.75, 3.05) is 0 Å². The van der Waals surface area contributed by atoms with Crippen LogP contribution in [-0.4, -0.2) is 11.0 Å². The SMILES string of the molecule is Cl[Si](Cl)(Cl)[Si](Cl)(Cl)Cl. The van der Waals surface area contributed by atoms with Gasteiger partial charge in [-0.1, -0.05) is 0 Å². The Morgan fingerprint density at radius 2 is 0.625 bits per heavy atom. The maximum absolute atomic E-state index is 5.34. The van der Waals surface area contributed by atoms with Crippen molar-refractivity contribution in [3.05, 3.63) is 0 Å². The summed E-state index contributed by atoms with van der Waals surface area (Å²) in [5.41, 5.74) is -6.01. The standard InChI is InChI=1S/Cl6Si2/c1-7(2,3)8(4,5)6. The Hall–Kier alpha value is 2.17. The van der Waals surface area contributed by atoms with Gasteiger partial charge in [-0.15, -0.1) is 66.5 Å². The van der Waals surface area contributed by atoms with Crippen molar-refractivity contribution in [3.63, 3.8) is 0 Å². The van der Waals surface area contributed by atoms with Crippen LogP contribution in [0.25, 0.3) is 0 Å². The molecule has 0 saturated heterocycles. The van der Waals surface area contributed by atoms with E-state index in [1.54, 1.807) is 0 Å². The molecule has 0 amide bonds. The normalized spacial score (nSPS) is 14.2. The molecule has 0 nitrogen and oxygen atoms in total. The first-order chi connectivity index (χ1) is 3.25. The number of halogens is 6. The summed E-state index contributed by atoms with van der Waals surface area (Å²) in [4.78, 5) is 0. The minimum absolute atomic E-state index is 3.01. The molecule has 0 fully saturated rings. The molecule has 50 valence electrons. The highest BCUT2D eigenvalue weighted by molar-refractivity contribution is 8.10. The van der Waals surface area contributed by atoms with Gasteiger partial charge in [0.05, 0.1) is 0 Å². The molecular weight excluding hydrogens is 269 g/mol. The lowest BCUT2D eigenvalue weighted by Crippen LogP contribution is -2.36. The van der Waals surface area contributed by atoms with E-state index in [1.165, 1.54) is 0 Å². The smallest absolute Gasteiger partial charge is 0.125 e. The van der Waals surface area contributed by atoms with Gasteiger partial charge in [0, 0.05) is 0 Å². The average molecular weight is 269 g/mol. The van der Waals surface area contributed by atoms with E-state index in [0.29, 0.717) is 0 Å². The second-order valence-corrected chi connectivity index (χ2v) is 26.9. The first-order valence-corrected chi connectivity index (χ1v) is 12.5. The molecule has 0 aromatic carbocycles. The molecule has 0 aliphatic rings. The minimum Gasteiger partial charge on any atom is -0.125 e. The Morgan fingerprint density at radius 1 is 0.500 bits per heavy atom. The second-order valence-electron chi connectivity index (χ2n) is 0.996. The monoisotopic (exact) mass is 266 g/mol. The van der Waals surface area contributed by atoms with E-state index in [0.717, 1.165) is 0 Å². The van der Waals surface area contributed by atoms with Crippen LogP contribution < -0.4 is 0 Å². The molecule has 0 radical (unpaired) electrons. The van der Waals surface area contributed by atoms with Gasteiger partial charge in [-0.25, -0.2) is 0 Å². The summed E-state index contributed by atoms with van der Waals surface area (Å²) in [7, 11) is 0. The Labute approximate surface area is 77.0 Å². The van der Waals surface area contributed by atoms with Crippen LogP contribution in [0.1, 0.15) is 0 Å². The maximum Gasteiger partial charge on any atom is 0.376 e. The van der Waals surface area contributed by atoms with Crippen LogP contribution in [0.4, 0.5) is 0 Å². The van der Waals surface area contributed by atoms with Crippen molar-refractivity contribution in [1.82, 2.24) is 0 Å². The third kappa shape index (κ3) is 3.37. The van der Waals surface area contributed by atoms with Crippen LogP contribution in [0.3, 0.4) is 0 Å². The van der Waals surface area contributed by atoms with Gasteiger partial charge < -0.3 is 0 Å². The molecule has 0 aromatic heterocycles. The van der Waals surface area contributed by atoms with Crippen molar-refractivity contribution in [1.29, 1.82) is 0 Å². The molecule has 0 atom stereocenters. The molecule has 0 heterocycles. The number of hydrogen-bond donors (Lipinski definition) is 0. The van der Waals surface area contributed by atoms with Gasteiger partial charge in [0.15, 0.2) is 0 Å². The Balaban J connectivity index is 4.02. The molecule has 0 aliphatic heterocycles. The fraction of sp³-hybridized carbons (Fsp3) is 0. The first kappa shape index (κ1) is 10.2. The Morgan fingerprint density at radius 3 is 0.625 bits per heavy atom. The van der Waals surface area contributed by atoms with E-state index >= 15 is 0 Å². The minimum atomic E-state index is -3.01. The van der Waals surface area contributed by atoms with Gasteiger partial charge in [-0.3, -0.25) is 0 Å². The lowest BCUT2D eigenvalue weighted by molar-refractivity contribution is 3.49. The zero-order valence-electron chi connectivity index (χ0n) is 3.27. The van der Waals surface area contributed by atoms with Crippen LogP contribution in [0, 0.1) is 0 Å². The molecule has 8 heavy (non-hydrogen) atoms. The number of hydrogen-bond acceptors (Lipinski definition) is 0.